The number of cyclic esters (lactones) is 1. The van der Waals surface area contributed by atoms with Crippen molar-refractivity contribution in [3.05, 3.63) is 0 Å². The van der Waals surface area contributed by atoms with Gasteiger partial charge < -0.3 is 23.7 Å². The van der Waals surface area contributed by atoms with Crippen molar-refractivity contribution in [1.29, 1.82) is 0 Å². The smallest absolute Gasteiger partial charge is 0.341 e. The molecule has 3 rings (SSSR count). The van der Waals surface area contributed by atoms with Crippen LogP contribution in [0.3, 0.4) is 0 Å². The highest BCUT2D eigenvalue weighted by Gasteiger charge is 2.68. The highest BCUT2D eigenvalue weighted by atomic mass is 16.8. The van der Waals surface area contributed by atoms with Crippen molar-refractivity contribution in [3.8, 4) is 0 Å². The van der Waals surface area contributed by atoms with Gasteiger partial charge in [0, 0.05) is 0 Å². The molecule has 3 heterocycles. The molecule has 0 aromatic carbocycles. The van der Waals surface area contributed by atoms with Crippen molar-refractivity contribution in [1.82, 2.24) is 0 Å². The van der Waals surface area contributed by atoms with Gasteiger partial charge in [-0.2, -0.15) is 0 Å². The van der Waals surface area contributed by atoms with Gasteiger partial charge in [0.05, 0.1) is 6.61 Å². The summed E-state index contributed by atoms with van der Waals surface area (Å²) in [5.41, 5.74) is -1.02. The maximum Gasteiger partial charge on any atom is 0.341 e. The van der Waals surface area contributed by atoms with Crippen LogP contribution in [0.1, 0.15) is 41.0 Å². The Balaban J connectivity index is 1.87. The lowest BCUT2D eigenvalue weighted by Crippen LogP contribution is -2.46. The summed E-state index contributed by atoms with van der Waals surface area (Å²) in [4.78, 5) is 12.3. The summed E-state index contributed by atoms with van der Waals surface area (Å²) in [6.45, 7) is 9.58. The fourth-order valence-corrected chi connectivity index (χ4v) is 3.26. The lowest BCUT2D eigenvalue weighted by atomic mass is 9.91. The van der Waals surface area contributed by atoms with Crippen molar-refractivity contribution >= 4 is 5.97 Å². The van der Waals surface area contributed by atoms with E-state index >= 15 is 0 Å². The molecule has 0 saturated carbocycles. The zero-order valence-electron chi connectivity index (χ0n) is 12.6. The minimum Gasteiger partial charge on any atom is -0.454 e. The van der Waals surface area contributed by atoms with Crippen molar-refractivity contribution in [3.63, 3.8) is 0 Å². The second-order valence-electron chi connectivity index (χ2n) is 6.52. The molecule has 0 radical (unpaired) electrons. The molecule has 4 atom stereocenters. The van der Waals surface area contributed by atoms with E-state index < -0.39 is 29.4 Å². The highest BCUT2D eigenvalue weighted by molar-refractivity contribution is 5.83. The molecule has 114 valence electrons. The van der Waals surface area contributed by atoms with E-state index in [4.69, 9.17) is 23.7 Å². The fraction of sp³-hybridized carbons (Fsp3) is 0.929. The Hall–Kier alpha value is -0.690. The first kappa shape index (κ1) is 14.3. The molecule has 4 unspecified atom stereocenters. The van der Waals surface area contributed by atoms with Crippen molar-refractivity contribution in [2.45, 2.75) is 76.5 Å². The predicted octanol–water partition coefficient (Wildman–Crippen LogP) is 1.36. The van der Waals surface area contributed by atoms with E-state index in [-0.39, 0.29) is 12.1 Å². The molecule has 0 amide bonds. The first-order valence-corrected chi connectivity index (χ1v) is 7.10. The van der Waals surface area contributed by atoms with E-state index in [1.807, 2.05) is 34.6 Å². The standard InChI is InChI=1S/C14H22O6/c1-6-14-10(19-13(4,5)20-14)9(17-11(14)15)8-7-16-12(2,3)18-8/h8-10H,6-7H2,1-5H3. The SMILES string of the molecule is CCC12OC(C)(C)OC1C(C1COC(C)(C)O1)OC2=O. The quantitative estimate of drug-likeness (QED) is 0.714. The Morgan fingerprint density at radius 3 is 2.40 bits per heavy atom. The van der Waals surface area contributed by atoms with Crippen molar-refractivity contribution < 1.29 is 28.5 Å². The Bertz CT molecular complexity index is 431. The number of rotatable bonds is 2. The molecule has 3 aliphatic heterocycles. The van der Waals surface area contributed by atoms with Crippen LogP contribution in [0.4, 0.5) is 0 Å². The van der Waals surface area contributed by atoms with Gasteiger partial charge in [0.1, 0.15) is 12.2 Å². The van der Waals surface area contributed by atoms with Gasteiger partial charge in [0.25, 0.3) is 0 Å². The molecule has 6 nitrogen and oxygen atoms in total. The molecule has 3 aliphatic rings. The Morgan fingerprint density at radius 2 is 1.85 bits per heavy atom. The van der Waals surface area contributed by atoms with E-state index in [1.165, 1.54) is 0 Å². The Labute approximate surface area is 118 Å². The Kier molecular flexibility index (Phi) is 2.97. The third-order valence-electron chi connectivity index (χ3n) is 4.11. The molecule has 0 bridgehead atoms. The average molecular weight is 286 g/mol. The minimum absolute atomic E-state index is 0.329. The summed E-state index contributed by atoms with van der Waals surface area (Å²) < 4.78 is 28.7. The zero-order valence-corrected chi connectivity index (χ0v) is 12.6. The molecule has 20 heavy (non-hydrogen) atoms. The molecule has 0 aromatic rings. The van der Waals surface area contributed by atoms with Gasteiger partial charge in [-0.3, -0.25) is 0 Å². The van der Waals surface area contributed by atoms with Crippen LogP contribution in [0.25, 0.3) is 0 Å². The van der Waals surface area contributed by atoms with E-state index in [1.54, 1.807) is 0 Å². The van der Waals surface area contributed by atoms with Gasteiger partial charge in [-0.15, -0.1) is 0 Å². The van der Waals surface area contributed by atoms with Gasteiger partial charge in [-0.05, 0) is 34.1 Å². The molecule has 3 fully saturated rings. The van der Waals surface area contributed by atoms with E-state index in [0.29, 0.717) is 13.0 Å². The molecule has 3 saturated heterocycles. The molecule has 6 heteroatoms. The molecular weight excluding hydrogens is 264 g/mol. The van der Waals surface area contributed by atoms with Gasteiger partial charge >= 0.3 is 5.97 Å². The average Bonchev–Trinajstić information content (AvgIpc) is 2.90. The van der Waals surface area contributed by atoms with Gasteiger partial charge in [-0.25, -0.2) is 4.79 Å². The monoisotopic (exact) mass is 286 g/mol. The predicted molar refractivity (Wildman–Crippen MR) is 67.8 cm³/mol. The maximum absolute atomic E-state index is 12.3. The molecule has 0 aliphatic carbocycles. The summed E-state index contributed by atoms with van der Waals surface area (Å²) in [7, 11) is 0. The molecule has 0 N–H and O–H groups in total. The van der Waals surface area contributed by atoms with Crippen LogP contribution >= 0.6 is 0 Å². The second-order valence-corrected chi connectivity index (χ2v) is 6.52. The second kappa shape index (κ2) is 4.16. The largest absolute Gasteiger partial charge is 0.454 e. The number of carbonyl (C=O) groups is 1. The first-order valence-electron chi connectivity index (χ1n) is 7.10. The fourth-order valence-electron chi connectivity index (χ4n) is 3.26. The zero-order chi connectivity index (χ0) is 14.8. The number of fused-ring (bicyclic) bond motifs is 1. The normalized spacial score (nSPS) is 45.5. The van der Waals surface area contributed by atoms with Crippen LogP contribution < -0.4 is 0 Å². The summed E-state index contributed by atoms with van der Waals surface area (Å²) in [6, 6.07) is 0. The summed E-state index contributed by atoms with van der Waals surface area (Å²) in [5, 5.41) is 0. The number of ether oxygens (including phenoxy) is 5. The van der Waals surface area contributed by atoms with E-state index in [2.05, 4.69) is 0 Å². The summed E-state index contributed by atoms with van der Waals surface area (Å²) >= 11 is 0. The van der Waals surface area contributed by atoms with Crippen molar-refractivity contribution in [2.24, 2.45) is 0 Å². The Morgan fingerprint density at radius 1 is 1.15 bits per heavy atom. The lowest BCUT2D eigenvalue weighted by Gasteiger charge is -2.25. The van der Waals surface area contributed by atoms with E-state index in [9.17, 15) is 4.79 Å². The highest BCUT2D eigenvalue weighted by Crippen LogP contribution is 2.48. The molecule has 0 aromatic heterocycles. The topological polar surface area (TPSA) is 63.2 Å². The van der Waals surface area contributed by atoms with Crippen LogP contribution in [0.5, 0.6) is 0 Å². The number of carbonyl (C=O) groups excluding carboxylic acids is 1. The van der Waals surface area contributed by atoms with Crippen molar-refractivity contribution in [2.75, 3.05) is 6.61 Å². The third-order valence-corrected chi connectivity index (χ3v) is 4.11. The van der Waals surface area contributed by atoms with Crippen LogP contribution in [0.2, 0.25) is 0 Å². The van der Waals surface area contributed by atoms with Gasteiger partial charge in [-0.1, -0.05) is 6.92 Å². The molecular formula is C14H22O6. The number of hydrogen-bond acceptors (Lipinski definition) is 6. The minimum atomic E-state index is -1.02. The lowest BCUT2D eigenvalue weighted by molar-refractivity contribution is -0.208. The van der Waals surface area contributed by atoms with Crippen LogP contribution in [-0.4, -0.2) is 48.1 Å². The van der Waals surface area contributed by atoms with Crippen LogP contribution in [-0.2, 0) is 28.5 Å². The van der Waals surface area contributed by atoms with Crippen LogP contribution in [0.15, 0.2) is 0 Å². The van der Waals surface area contributed by atoms with Gasteiger partial charge in [0.2, 0.25) is 0 Å². The molecule has 0 spiro atoms. The number of esters is 1. The first-order chi connectivity index (χ1) is 9.19. The maximum atomic E-state index is 12.3. The van der Waals surface area contributed by atoms with E-state index in [0.717, 1.165) is 0 Å². The number of hydrogen-bond donors (Lipinski definition) is 0. The third kappa shape index (κ3) is 1.97. The summed E-state index contributed by atoms with van der Waals surface area (Å²) in [6.07, 6.45) is -0.777. The summed E-state index contributed by atoms with van der Waals surface area (Å²) in [5.74, 6) is -1.83. The van der Waals surface area contributed by atoms with Crippen LogP contribution in [0, 0.1) is 0 Å². The van der Waals surface area contributed by atoms with Gasteiger partial charge in [0.15, 0.2) is 23.3 Å².